The monoisotopic (exact) mass is 152 g/mol. The van der Waals surface area contributed by atoms with Gasteiger partial charge in [-0.2, -0.15) is 0 Å². The molecule has 1 fully saturated rings. The van der Waals surface area contributed by atoms with Crippen molar-refractivity contribution in [3.8, 4) is 0 Å². The Morgan fingerprint density at radius 1 is 1.67 bits per heavy atom. The zero-order valence-electron chi connectivity index (χ0n) is 4.92. The average molecular weight is 153 g/mol. The molecule has 0 aromatic carbocycles. The second-order valence-corrected chi connectivity index (χ2v) is 2.17. The Bertz CT molecular complexity index is 78.3. The zero-order valence-corrected chi connectivity index (χ0v) is 5.67. The average Bonchev–Trinajstić information content (AvgIpc) is 2.34. The van der Waals surface area contributed by atoms with Crippen molar-refractivity contribution in [2.45, 2.75) is 12.4 Å². The maximum absolute atomic E-state index is 8.53. The SMILES string of the molecule is OC[C@H]1CO[C@@H](CCl)O1. The Morgan fingerprint density at radius 3 is 2.78 bits per heavy atom. The Balaban J connectivity index is 2.20. The molecule has 1 N–H and O–H groups in total. The van der Waals surface area contributed by atoms with E-state index in [1.54, 1.807) is 0 Å². The fraction of sp³-hybridized carbons (Fsp3) is 1.00. The molecule has 3 nitrogen and oxygen atoms in total. The fourth-order valence-electron chi connectivity index (χ4n) is 0.685. The van der Waals surface area contributed by atoms with Gasteiger partial charge < -0.3 is 14.6 Å². The van der Waals surface area contributed by atoms with Crippen molar-refractivity contribution in [2.75, 3.05) is 19.1 Å². The summed E-state index contributed by atoms with van der Waals surface area (Å²) in [6.07, 6.45) is -0.488. The van der Waals surface area contributed by atoms with Crippen molar-refractivity contribution >= 4 is 11.6 Å². The van der Waals surface area contributed by atoms with Gasteiger partial charge in [-0.05, 0) is 0 Å². The number of hydrogen-bond donors (Lipinski definition) is 1. The number of halogens is 1. The third kappa shape index (κ3) is 1.79. The van der Waals surface area contributed by atoms with Crippen LogP contribution in [0.25, 0.3) is 0 Å². The number of rotatable bonds is 2. The number of aliphatic hydroxyl groups excluding tert-OH is 1. The lowest BCUT2D eigenvalue weighted by atomic mass is 10.4. The minimum atomic E-state index is -0.316. The van der Waals surface area contributed by atoms with Crippen LogP contribution in [0.5, 0.6) is 0 Å². The van der Waals surface area contributed by atoms with Crippen molar-refractivity contribution < 1.29 is 14.6 Å². The molecule has 0 saturated carbocycles. The normalized spacial score (nSPS) is 35.3. The molecular formula is C5H9ClO3. The molecule has 0 aliphatic carbocycles. The van der Waals surface area contributed by atoms with E-state index in [0.717, 1.165) is 0 Å². The van der Waals surface area contributed by atoms with E-state index in [1.807, 2.05) is 0 Å². The van der Waals surface area contributed by atoms with Crippen LogP contribution >= 0.6 is 11.6 Å². The molecule has 4 heteroatoms. The van der Waals surface area contributed by atoms with Crippen molar-refractivity contribution in [3.63, 3.8) is 0 Å². The Morgan fingerprint density at radius 2 is 2.44 bits per heavy atom. The summed E-state index contributed by atoms with van der Waals surface area (Å²) >= 11 is 5.40. The van der Waals surface area contributed by atoms with Crippen molar-refractivity contribution in [2.24, 2.45) is 0 Å². The second-order valence-electron chi connectivity index (χ2n) is 1.86. The van der Waals surface area contributed by atoms with Gasteiger partial charge >= 0.3 is 0 Å². The van der Waals surface area contributed by atoms with Crippen LogP contribution in [-0.2, 0) is 9.47 Å². The maximum atomic E-state index is 8.53. The summed E-state index contributed by atoms with van der Waals surface area (Å²) in [5.41, 5.74) is 0. The standard InChI is InChI=1S/C5H9ClO3/c6-1-5-8-3-4(2-7)9-5/h4-5,7H,1-3H2/t4-,5+/m0/s1. The van der Waals surface area contributed by atoms with E-state index in [4.69, 9.17) is 26.2 Å². The highest BCUT2D eigenvalue weighted by Crippen LogP contribution is 2.11. The number of alkyl halides is 1. The lowest BCUT2D eigenvalue weighted by Gasteiger charge is -2.04. The van der Waals surface area contributed by atoms with Crippen LogP contribution in [0.1, 0.15) is 0 Å². The van der Waals surface area contributed by atoms with Gasteiger partial charge in [0.05, 0.1) is 19.1 Å². The first-order valence-electron chi connectivity index (χ1n) is 2.80. The van der Waals surface area contributed by atoms with Gasteiger partial charge in [-0.15, -0.1) is 11.6 Å². The third-order valence-corrected chi connectivity index (χ3v) is 1.39. The summed E-state index contributed by atoms with van der Waals surface area (Å²) in [6, 6.07) is 0. The van der Waals surface area contributed by atoms with E-state index in [0.29, 0.717) is 12.5 Å². The highest BCUT2D eigenvalue weighted by molar-refractivity contribution is 6.18. The van der Waals surface area contributed by atoms with E-state index in [9.17, 15) is 0 Å². The minimum absolute atomic E-state index is 0.00733. The summed E-state index contributed by atoms with van der Waals surface area (Å²) in [5.74, 6) is 0.330. The van der Waals surface area contributed by atoms with Crippen LogP contribution in [0.4, 0.5) is 0 Å². The van der Waals surface area contributed by atoms with Gasteiger partial charge in [-0.25, -0.2) is 0 Å². The molecule has 1 aliphatic rings. The largest absolute Gasteiger partial charge is 0.394 e. The van der Waals surface area contributed by atoms with Crippen LogP contribution in [0.2, 0.25) is 0 Å². The maximum Gasteiger partial charge on any atom is 0.171 e. The van der Waals surface area contributed by atoms with Crippen LogP contribution in [-0.4, -0.2) is 36.6 Å². The second kappa shape index (κ2) is 3.37. The number of aliphatic hydroxyl groups is 1. The first-order chi connectivity index (χ1) is 4.36. The summed E-state index contributed by atoms with van der Waals surface area (Å²) < 4.78 is 10.0. The lowest BCUT2D eigenvalue weighted by Crippen LogP contribution is -2.16. The lowest BCUT2D eigenvalue weighted by molar-refractivity contribution is -0.0480. The smallest absolute Gasteiger partial charge is 0.171 e. The quantitative estimate of drug-likeness (QED) is 0.565. The molecular weight excluding hydrogens is 144 g/mol. The highest BCUT2D eigenvalue weighted by Gasteiger charge is 2.23. The highest BCUT2D eigenvalue weighted by atomic mass is 35.5. The van der Waals surface area contributed by atoms with E-state index < -0.39 is 0 Å². The van der Waals surface area contributed by atoms with Crippen LogP contribution in [0.15, 0.2) is 0 Å². The third-order valence-electron chi connectivity index (χ3n) is 1.14. The Hall–Kier alpha value is 0.170. The molecule has 1 saturated heterocycles. The summed E-state index contributed by atoms with van der Waals surface area (Å²) in [7, 11) is 0. The molecule has 0 aromatic heterocycles. The molecule has 0 amide bonds. The van der Waals surface area contributed by atoms with E-state index in [2.05, 4.69) is 0 Å². The zero-order chi connectivity index (χ0) is 6.69. The van der Waals surface area contributed by atoms with Crippen molar-refractivity contribution in [1.82, 2.24) is 0 Å². The predicted octanol–water partition coefficient (Wildman–Crippen LogP) is -0.0410. The summed E-state index contributed by atoms with van der Waals surface area (Å²) in [4.78, 5) is 0. The van der Waals surface area contributed by atoms with Gasteiger partial charge in [0.1, 0.15) is 6.10 Å². The van der Waals surface area contributed by atoms with E-state index >= 15 is 0 Å². The molecule has 1 rings (SSSR count). The minimum Gasteiger partial charge on any atom is -0.394 e. The van der Waals surface area contributed by atoms with Gasteiger partial charge in [0.15, 0.2) is 6.29 Å². The molecule has 0 unspecified atom stereocenters. The molecule has 0 radical (unpaired) electrons. The molecule has 54 valence electrons. The van der Waals surface area contributed by atoms with Gasteiger partial charge in [-0.3, -0.25) is 0 Å². The predicted molar refractivity (Wildman–Crippen MR) is 32.4 cm³/mol. The molecule has 2 atom stereocenters. The van der Waals surface area contributed by atoms with Gasteiger partial charge in [0.2, 0.25) is 0 Å². The van der Waals surface area contributed by atoms with E-state index in [1.165, 1.54) is 0 Å². The molecule has 9 heavy (non-hydrogen) atoms. The fourth-order valence-corrected chi connectivity index (χ4v) is 0.846. The summed E-state index contributed by atoms with van der Waals surface area (Å²) in [5, 5.41) is 8.53. The first kappa shape index (κ1) is 7.28. The van der Waals surface area contributed by atoms with Gasteiger partial charge in [-0.1, -0.05) is 0 Å². The molecule has 0 spiro atoms. The van der Waals surface area contributed by atoms with Crippen LogP contribution in [0.3, 0.4) is 0 Å². The molecule has 1 aliphatic heterocycles. The van der Waals surface area contributed by atoms with Crippen molar-refractivity contribution in [3.05, 3.63) is 0 Å². The molecule has 1 heterocycles. The van der Waals surface area contributed by atoms with Gasteiger partial charge in [0.25, 0.3) is 0 Å². The van der Waals surface area contributed by atoms with Gasteiger partial charge in [0, 0.05) is 0 Å². The van der Waals surface area contributed by atoms with Crippen LogP contribution < -0.4 is 0 Å². The molecule has 0 bridgehead atoms. The summed E-state index contributed by atoms with van der Waals surface area (Å²) in [6.45, 7) is 0.460. The number of ether oxygens (including phenoxy) is 2. The van der Waals surface area contributed by atoms with Crippen molar-refractivity contribution in [1.29, 1.82) is 0 Å². The molecule has 0 aromatic rings. The Kier molecular flexibility index (Phi) is 2.72. The number of hydrogen-bond acceptors (Lipinski definition) is 3. The first-order valence-corrected chi connectivity index (χ1v) is 3.34. The topological polar surface area (TPSA) is 38.7 Å². The Labute approximate surface area is 58.5 Å². The van der Waals surface area contributed by atoms with Crippen LogP contribution in [0, 0.1) is 0 Å². The van der Waals surface area contributed by atoms with E-state index in [-0.39, 0.29) is 19.0 Å².